The molecule has 1 fully saturated rings. The fourth-order valence-electron chi connectivity index (χ4n) is 3.86. The van der Waals surface area contributed by atoms with Crippen molar-refractivity contribution < 1.29 is 9.18 Å². The van der Waals surface area contributed by atoms with Crippen molar-refractivity contribution in [2.24, 2.45) is 0 Å². The van der Waals surface area contributed by atoms with Gasteiger partial charge in [0.05, 0.1) is 18.2 Å². The van der Waals surface area contributed by atoms with Crippen molar-refractivity contribution in [2.45, 2.75) is 31.7 Å². The standard InChI is InChI=1S/C24H25FN4O2/c25-19-10-8-18(9-11-19)21(27-22(30)14-17-6-2-1-3-7-17)15-20-16-23(31)28-24(26-20)29-12-4-5-13-29/h1-3,6-11,16,21H,4-5,12-15H2,(H,27,30)(H,26,28,31)/t21-/m0/s1. The van der Waals surface area contributed by atoms with E-state index < -0.39 is 6.04 Å². The molecule has 0 bridgehead atoms. The van der Waals surface area contributed by atoms with Gasteiger partial charge in [-0.05, 0) is 36.1 Å². The Morgan fingerprint density at radius 3 is 2.52 bits per heavy atom. The van der Waals surface area contributed by atoms with E-state index >= 15 is 0 Å². The summed E-state index contributed by atoms with van der Waals surface area (Å²) in [5.74, 6) is 0.0716. The van der Waals surface area contributed by atoms with Gasteiger partial charge in [0.2, 0.25) is 11.9 Å². The number of halogens is 1. The summed E-state index contributed by atoms with van der Waals surface area (Å²) in [5, 5.41) is 3.03. The van der Waals surface area contributed by atoms with E-state index in [4.69, 9.17) is 0 Å². The van der Waals surface area contributed by atoms with Crippen molar-refractivity contribution in [3.8, 4) is 0 Å². The highest BCUT2D eigenvalue weighted by atomic mass is 19.1. The van der Waals surface area contributed by atoms with Crippen molar-refractivity contribution in [3.63, 3.8) is 0 Å². The summed E-state index contributed by atoms with van der Waals surface area (Å²) in [5.41, 5.74) is 2.02. The molecule has 1 atom stereocenters. The van der Waals surface area contributed by atoms with Crippen LogP contribution in [0.2, 0.25) is 0 Å². The number of anilines is 1. The third-order valence-corrected chi connectivity index (χ3v) is 5.42. The quantitative estimate of drug-likeness (QED) is 0.616. The van der Waals surface area contributed by atoms with Gasteiger partial charge >= 0.3 is 0 Å². The van der Waals surface area contributed by atoms with Gasteiger partial charge in [0.1, 0.15) is 5.82 Å². The SMILES string of the molecule is O=C(Cc1ccccc1)N[C@@H](Cc1cc(=O)[nH]c(N2CCCC2)n1)c1ccc(F)cc1. The lowest BCUT2D eigenvalue weighted by Gasteiger charge is -2.21. The molecule has 1 saturated heterocycles. The van der Waals surface area contributed by atoms with Crippen molar-refractivity contribution in [2.75, 3.05) is 18.0 Å². The number of hydrogen-bond acceptors (Lipinski definition) is 4. The Morgan fingerprint density at radius 2 is 1.81 bits per heavy atom. The molecule has 2 N–H and O–H groups in total. The second-order valence-electron chi connectivity index (χ2n) is 7.79. The summed E-state index contributed by atoms with van der Waals surface area (Å²) in [4.78, 5) is 34.5. The molecule has 2 heterocycles. The first-order valence-corrected chi connectivity index (χ1v) is 10.5. The molecule has 4 rings (SSSR count). The number of rotatable bonds is 7. The third kappa shape index (κ3) is 5.57. The molecule has 0 saturated carbocycles. The maximum Gasteiger partial charge on any atom is 0.252 e. The molecule has 0 spiro atoms. The minimum Gasteiger partial charge on any atom is -0.349 e. The molecule has 6 nitrogen and oxygen atoms in total. The van der Waals surface area contributed by atoms with Gasteiger partial charge in [-0.1, -0.05) is 42.5 Å². The van der Waals surface area contributed by atoms with E-state index in [0.717, 1.165) is 37.1 Å². The number of carbonyl (C=O) groups excluding carboxylic acids is 1. The monoisotopic (exact) mass is 420 g/mol. The number of aromatic nitrogens is 2. The zero-order chi connectivity index (χ0) is 21.6. The largest absolute Gasteiger partial charge is 0.349 e. The van der Waals surface area contributed by atoms with Crippen LogP contribution >= 0.6 is 0 Å². The van der Waals surface area contributed by atoms with E-state index in [9.17, 15) is 14.0 Å². The average molecular weight is 420 g/mol. The molecule has 0 radical (unpaired) electrons. The summed E-state index contributed by atoms with van der Waals surface area (Å²) in [6.07, 6.45) is 2.71. The van der Waals surface area contributed by atoms with Gasteiger partial charge in [0.15, 0.2) is 0 Å². The van der Waals surface area contributed by atoms with E-state index in [1.165, 1.54) is 18.2 Å². The van der Waals surface area contributed by atoms with Crippen molar-refractivity contribution in [1.82, 2.24) is 15.3 Å². The number of nitrogens with one attached hydrogen (secondary N) is 2. The van der Waals surface area contributed by atoms with Crippen LogP contribution in [-0.4, -0.2) is 29.0 Å². The Kier molecular flexibility index (Phi) is 6.40. The molecule has 0 unspecified atom stereocenters. The van der Waals surface area contributed by atoms with E-state index in [-0.39, 0.29) is 23.7 Å². The van der Waals surface area contributed by atoms with Gasteiger partial charge in [-0.25, -0.2) is 9.37 Å². The van der Waals surface area contributed by atoms with Crippen LogP contribution in [0.15, 0.2) is 65.5 Å². The van der Waals surface area contributed by atoms with Crippen LogP contribution in [-0.2, 0) is 17.6 Å². The second kappa shape index (κ2) is 9.55. The van der Waals surface area contributed by atoms with Gasteiger partial charge in [-0.3, -0.25) is 14.6 Å². The van der Waals surface area contributed by atoms with Crippen molar-refractivity contribution >= 4 is 11.9 Å². The number of aromatic amines is 1. The highest BCUT2D eigenvalue weighted by molar-refractivity contribution is 5.79. The Morgan fingerprint density at radius 1 is 1.10 bits per heavy atom. The predicted octanol–water partition coefficient (Wildman–Crippen LogP) is 3.15. The first kappa shape index (κ1) is 20.8. The van der Waals surface area contributed by atoms with Crippen LogP contribution in [0.5, 0.6) is 0 Å². The molecular weight excluding hydrogens is 395 g/mol. The van der Waals surface area contributed by atoms with Crippen LogP contribution < -0.4 is 15.8 Å². The number of carbonyl (C=O) groups is 1. The molecule has 1 amide bonds. The van der Waals surface area contributed by atoms with E-state index in [2.05, 4.69) is 20.2 Å². The zero-order valence-corrected chi connectivity index (χ0v) is 17.2. The first-order chi connectivity index (χ1) is 15.1. The van der Waals surface area contributed by atoms with Crippen LogP contribution in [0, 0.1) is 5.82 Å². The molecule has 1 aromatic heterocycles. The Labute approximate surface area is 180 Å². The Bertz CT molecular complexity index is 1080. The molecule has 1 aliphatic heterocycles. The van der Waals surface area contributed by atoms with E-state index in [0.29, 0.717) is 18.1 Å². The van der Waals surface area contributed by atoms with Crippen LogP contribution in [0.1, 0.15) is 35.7 Å². The summed E-state index contributed by atoms with van der Waals surface area (Å²) < 4.78 is 13.5. The van der Waals surface area contributed by atoms with E-state index in [1.54, 1.807) is 12.1 Å². The summed E-state index contributed by atoms with van der Waals surface area (Å²) >= 11 is 0. The summed E-state index contributed by atoms with van der Waals surface area (Å²) in [7, 11) is 0. The number of nitrogens with zero attached hydrogens (tertiary/aromatic N) is 2. The number of hydrogen-bond donors (Lipinski definition) is 2. The molecule has 2 aromatic carbocycles. The lowest BCUT2D eigenvalue weighted by Crippen LogP contribution is -2.32. The first-order valence-electron chi connectivity index (χ1n) is 10.5. The van der Waals surface area contributed by atoms with Crippen molar-refractivity contribution in [3.05, 3.63) is 93.7 Å². The van der Waals surface area contributed by atoms with Crippen molar-refractivity contribution in [1.29, 1.82) is 0 Å². The average Bonchev–Trinajstić information content (AvgIpc) is 3.29. The van der Waals surface area contributed by atoms with Crippen LogP contribution in [0.3, 0.4) is 0 Å². The van der Waals surface area contributed by atoms with Crippen LogP contribution in [0.4, 0.5) is 10.3 Å². The van der Waals surface area contributed by atoms with Gasteiger partial charge < -0.3 is 10.2 Å². The molecule has 160 valence electrons. The number of benzene rings is 2. The van der Waals surface area contributed by atoms with Gasteiger partial charge in [-0.15, -0.1) is 0 Å². The lowest BCUT2D eigenvalue weighted by molar-refractivity contribution is -0.121. The maximum atomic E-state index is 13.5. The summed E-state index contributed by atoms with van der Waals surface area (Å²) in [6, 6.07) is 16.5. The molecule has 7 heteroatoms. The molecular formula is C24H25FN4O2. The second-order valence-corrected chi connectivity index (χ2v) is 7.79. The molecule has 1 aliphatic rings. The fourth-order valence-corrected chi connectivity index (χ4v) is 3.86. The van der Waals surface area contributed by atoms with Gasteiger partial charge in [0, 0.05) is 25.6 Å². The predicted molar refractivity (Wildman–Crippen MR) is 117 cm³/mol. The van der Waals surface area contributed by atoms with Gasteiger partial charge in [0.25, 0.3) is 5.56 Å². The van der Waals surface area contributed by atoms with Crippen LogP contribution in [0.25, 0.3) is 0 Å². The number of amides is 1. The third-order valence-electron chi connectivity index (χ3n) is 5.42. The molecule has 3 aromatic rings. The minimum absolute atomic E-state index is 0.148. The normalized spacial score (nSPS) is 14.4. The van der Waals surface area contributed by atoms with E-state index in [1.807, 2.05) is 30.3 Å². The fraction of sp³-hybridized carbons (Fsp3) is 0.292. The molecule has 31 heavy (non-hydrogen) atoms. The molecule has 0 aliphatic carbocycles. The number of H-pyrrole nitrogens is 1. The highest BCUT2D eigenvalue weighted by Crippen LogP contribution is 2.20. The highest BCUT2D eigenvalue weighted by Gasteiger charge is 2.20. The Hall–Kier alpha value is -3.48. The minimum atomic E-state index is -0.433. The lowest BCUT2D eigenvalue weighted by atomic mass is 10.0. The zero-order valence-electron chi connectivity index (χ0n) is 17.2. The summed E-state index contributed by atoms with van der Waals surface area (Å²) in [6.45, 7) is 1.73. The maximum absolute atomic E-state index is 13.5. The topological polar surface area (TPSA) is 78.1 Å². The smallest absolute Gasteiger partial charge is 0.252 e. The van der Waals surface area contributed by atoms with Gasteiger partial charge in [-0.2, -0.15) is 0 Å². The Balaban J connectivity index is 1.56.